The van der Waals surface area contributed by atoms with E-state index < -0.39 is 0 Å². The zero-order valence-electron chi connectivity index (χ0n) is 6.90. The minimum atomic E-state index is -0.296. The molecule has 0 aliphatic carbocycles. The first-order chi connectivity index (χ1) is 4.63. The monoisotopic (exact) mass is 199 g/mol. The van der Waals surface area contributed by atoms with Crippen molar-refractivity contribution in [1.82, 2.24) is 4.90 Å². The van der Waals surface area contributed by atoms with E-state index in [2.05, 4.69) is 17.1 Å². The molecule has 0 saturated carbocycles. The van der Waals surface area contributed by atoms with Crippen molar-refractivity contribution in [3.8, 4) is 0 Å². The number of nitrogens with zero attached hydrogens (tertiary/aromatic N) is 1. The van der Waals surface area contributed by atoms with Gasteiger partial charge in [-0.2, -0.15) is 0 Å². The molecule has 0 aromatic heterocycles. The molecular formula is C6H14ClNO2S. The number of hydrogen-bond donors (Lipinski definition) is 1. The summed E-state index contributed by atoms with van der Waals surface area (Å²) in [6, 6.07) is -0.169. The molecule has 0 rings (SSSR count). The molecule has 1 atom stereocenters. The predicted octanol–water partition coefficient (Wildman–Crippen LogP) is 1.14. The van der Waals surface area contributed by atoms with E-state index in [9.17, 15) is 4.79 Å². The van der Waals surface area contributed by atoms with Crippen LogP contribution in [0.25, 0.3) is 0 Å². The van der Waals surface area contributed by atoms with Crippen LogP contribution < -0.4 is 0 Å². The molecule has 0 heterocycles. The second kappa shape index (κ2) is 6.76. The maximum Gasteiger partial charge on any atom is 0.335 e. The first-order valence-electron chi connectivity index (χ1n) is 3.15. The maximum absolute atomic E-state index is 10.8. The Kier molecular flexibility index (Phi) is 8.39. The SMILES string of the molecule is CCC(C(=O)OS)N(C)C.Cl. The molecule has 0 N–H and O–H groups in total. The quantitative estimate of drug-likeness (QED) is 0.546. The van der Waals surface area contributed by atoms with Crippen LogP contribution in [0.3, 0.4) is 0 Å². The fourth-order valence-electron chi connectivity index (χ4n) is 0.803. The van der Waals surface area contributed by atoms with Gasteiger partial charge in [-0.1, -0.05) is 6.92 Å². The normalized spacial score (nSPS) is 12.1. The molecule has 0 amide bonds. The second-order valence-corrected chi connectivity index (χ2v) is 2.48. The van der Waals surface area contributed by atoms with E-state index in [0.29, 0.717) is 0 Å². The smallest absolute Gasteiger partial charge is 0.335 e. The number of hydrogen-bond acceptors (Lipinski definition) is 4. The molecule has 1 unspecified atom stereocenters. The highest BCUT2D eigenvalue weighted by Gasteiger charge is 2.18. The van der Waals surface area contributed by atoms with Gasteiger partial charge in [-0.3, -0.25) is 4.90 Å². The van der Waals surface area contributed by atoms with Crippen LogP contribution >= 0.6 is 25.3 Å². The van der Waals surface area contributed by atoms with Crippen molar-refractivity contribution in [1.29, 1.82) is 0 Å². The summed E-state index contributed by atoms with van der Waals surface area (Å²) in [6.07, 6.45) is 0.742. The van der Waals surface area contributed by atoms with E-state index in [1.165, 1.54) is 0 Å². The summed E-state index contributed by atoms with van der Waals surface area (Å²) in [5, 5.41) is 0. The third-order valence-electron chi connectivity index (χ3n) is 1.37. The van der Waals surface area contributed by atoms with Gasteiger partial charge in [0.25, 0.3) is 0 Å². The van der Waals surface area contributed by atoms with Crippen LogP contribution in [-0.2, 0) is 8.98 Å². The Morgan fingerprint density at radius 3 is 2.18 bits per heavy atom. The van der Waals surface area contributed by atoms with E-state index in [1.807, 2.05) is 21.0 Å². The summed E-state index contributed by atoms with van der Waals surface area (Å²) < 4.78 is 4.28. The van der Waals surface area contributed by atoms with Gasteiger partial charge in [0.05, 0.1) is 0 Å². The van der Waals surface area contributed by atoms with Gasteiger partial charge >= 0.3 is 5.97 Å². The summed E-state index contributed by atoms with van der Waals surface area (Å²) in [7, 11) is 3.66. The minimum Gasteiger partial charge on any atom is -0.393 e. The second-order valence-electron chi connectivity index (χ2n) is 2.30. The number of halogens is 1. The van der Waals surface area contributed by atoms with Crippen molar-refractivity contribution < 1.29 is 8.98 Å². The maximum atomic E-state index is 10.8. The molecule has 0 radical (unpaired) electrons. The summed E-state index contributed by atoms with van der Waals surface area (Å²) in [4.78, 5) is 12.6. The summed E-state index contributed by atoms with van der Waals surface area (Å²) in [6.45, 7) is 1.93. The lowest BCUT2D eigenvalue weighted by Crippen LogP contribution is -2.35. The molecule has 68 valence electrons. The Balaban J connectivity index is 0. The van der Waals surface area contributed by atoms with E-state index in [1.54, 1.807) is 4.90 Å². The third kappa shape index (κ3) is 4.50. The lowest BCUT2D eigenvalue weighted by molar-refractivity contribution is -0.138. The number of carbonyl (C=O) groups is 1. The van der Waals surface area contributed by atoms with Gasteiger partial charge in [0, 0.05) is 12.9 Å². The summed E-state index contributed by atoms with van der Waals surface area (Å²) in [5.41, 5.74) is 0. The largest absolute Gasteiger partial charge is 0.393 e. The molecule has 0 spiro atoms. The minimum absolute atomic E-state index is 0. The standard InChI is InChI=1S/C6H13NO2S.ClH/c1-4-5(7(2)3)6(8)9-10;/h5,10H,4H2,1-3H3;1H. The Hall–Kier alpha value is 0.0700. The fraction of sp³-hybridized carbons (Fsp3) is 0.833. The van der Waals surface area contributed by atoms with Crippen LogP contribution in [0.2, 0.25) is 0 Å². The van der Waals surface area contributed by atoms with Crippen molar-refractivity contribution in [3.05, 3.63) is 0 Å². The van der Waals surface area contributed by atoms with Gasteiger partial charge in [-0.15, -0.1) is 12.4 Å². The van der Waals surface area contributed by atoms with Gasteiger partial charge in [-0.25, -0.2) is 4.79 Å². The van der Waals surface area contributed by atoms with E-state index >= 15 is 0 Å². The Labute approximate surface area is 79.1 Å². The molecule has 0 aromatic rings. The molecule has 0 aliphatic heterocycles. The van der Waals surface area contributed by atoms with Crippen molar-refractivity contribution in [2.75, 3.05) is 14.1 Å². The fourth-order valence-corrected chi connectivity index (χ4v) is 0.925. The Morgan fingerprint density at radius 1 is 1.64 bits per heavy atom. The first-order valence-corrected chi connectivity index (χ1v) is 3.51. The highest BCUT2D eigenvalue weighted by atomic mass is 35.5. The Morgan fingerprint density at radius 2 is 2.09 bits per heavy atom. The molecule has 11 heavy (non-hydrogen) atoms. The predicted molar refractivity (Wildman–Crippen MR) is 50.1 cm³/mol. The zero-order chi connectivity index (χ0) is 8.15. The molecule has 0 saturated heterocycles. The molecule has 0 bridgehead atoms. The average Bonchev–Trinajstić information content (AvgIpc) is 1.88. The lowest BCUT2D eigenvalue weighted by atomic mass is 10.2. The van der Waals surface area contributed by atoms with Gasteiger partial charge in [0.15, 0.2) is 0 Å². The van der Waals surface area contributed by atoms with Crippen LogP contribution in [0.5, 0.6) is 0 Å². The van der Waals surface area contributed by atoms with E-state index in [0.717, 1.165) is 6.42 Å². The highest BCUT2D eigenvalue weighted by Crippen LogP contribution is 2.02. The molecule has 0 fully saturated rings. The third-order valence-corrected chi connectivity index (χ3v) is 1.55. The molecule has 3 nitrogen and oxygen atoms in total. The number of thiol groups is 1. The van der Waals surface area contributed by atoms with Crippen molar-refractivity contribution >= 4 is 31.3 Å². The van der Waals surface area contributed by atoms with Gasteiger partial charge in [0.1, 0.15) is 6.04 Å². The molecular weight excluding hydrogens is 186 g/mol. The van der Waals surface area contributed by atoms with Gasteiger partial charge < -0.3 is 4.18 Å². The first kappa shape index (κ1) is 13.6. The number of carbonyl (C=O) groups excluding carboxylic acids is 1. The topological polar surface area (TPSA) is 29.5 Å². The highest BCUT2D eigenvalue weighted by molar-refractivity contribution is 7.75. The van der Waals surface area contributed by atoms with E-state index in [-0.39, 0.29) is 24.4 Å². The number of rotatable bonds is 3. The summed E-state index contributed by atoms with van der Waals surface area (Å²) >= 11 is 3.43. The van der Waals surface area contributed by atoms with Crippen molar-refractivity contribution in [2.45, 2.75) is 19.4 Å². The van der Waals surface area contributed by atoms with Crippen molar-refractivity contribution in [3.63, 3.8) is 0 Å². The van der Waals surface area contributed by atoms with Crippen LogP contribution in [0.15, 0.2) is 0 Å². The van der Waals surface area contributed by atoms with Crippen LogP contribution in [0, 0.1) is 0 Å². The van der Waals surface area contributed by atoms with Crippen LogP contribution in [-0.4, -0.2) is 31.0 Å². The van der Waals surface area contributed by atoms with Crippen molar-refractivity contribution in [2.24, 2.45) is 0 Å². The Bertz CT molecular complexity index is 121. The molecule has 0 aliphatic rings. The lowest BCUT2D eigenvalue weighted by Gasteiger charge is -2.18. The number of likely N-dealkylation sites (N-methyl/N-ethyl adjacent to an activating group) is 1. The summed E-state index contributed by atoms with van der Waals surface area (Å²) in [5.74, 6) is -0.296. The van der Waals surface area contributed by atoms with E-state index in [4.69, 9.17) is 0 Å². The van der Waals surface area contributed by atoms with Gasteiger partial charge in [0.2, 0.25) is 0 Å². The van der Waals surface area contributed by atoms with Crippen LogP contribution in [0.1, 0.15) is 13.3 Å². The molecule has 5 heteroatoms. The average molecular weight is 200 g/mol. The van der Waals surface area contributed by atoms with Crippen LogP contribution in [0.4, 0.5) is 0 Å². The zero-order valence-corrected chi connectivity index (χ0v) is 8.61. The molecule has 0 aromatic carbocycles. The van der Waals surface area contributed by atoms with Gasteiger partial charge in [-0.05, 0) is 20.5 Å².